The fraction of sp³-hybridized carbons (Fsp3) is 0.318. The van der Waals surface area contributed by atoms with E-state index >= 15 is 0 Å². The number of carbonyl (C=O) groups excluding carboxylic acids is 1. The Kier molecular flexibility index (Phi) is 6.27. The lowest BCUT2D eigenvalue weighted by atomic mass is 10.1. The van der Waals surface area contributed by atoms with Crippen LogP contribution < -0.4 is 10.1 Å². The van der Waals surface area contributed by atoms with Crippen LogP contribution in [-0.2, 0) is 6.54 Å². The van der Waals surface area contributed by atoms with E-state index in [1.807, 2.05) is 25.1 Å². The molecule has 0 saturated heterocycles. The zero-order chi connectivity index (χ0) is 20.3. The van der Waals surface area contributed by atoms with Crippen LogP contribution in [0.3, 0.4) is 0 Å². The second-order valence-corrected chi connectivity index (χ2v) is 7.21. The Bertz CT molecular complexity index is 980. The van der Waals surface area contributed by atoms with Gasteiger partial charge in [0.15, 0.2) is 0 Å². The van der Waals surface area contributed by atoms with Crippen LogP contribution in [0.1, 0.15) is 41.1 Å². The molecule has 5 nitrogen and oxygen atoms in total. The molecule has 148 valence electrons. The van der Waals surface area contributed by atoms with Crippen molar-refractivity contribution >= 4 is 28.4 Å². The molecule has 1 heterocycles. The smallest absolute Gasteiger partial charge is 0.253 e. The largest absolute Gasteiger partial charge is 0.497 e. The summed E-state index contributed by atoms with van der Waals surface area (Å²) in [4.78, 5) is 13.0. The molecule has 0 aliphatic heterocycles. The van der Waals surface area contributed by atoms with Gasteiger partial charge < -0.3 is 19.7 Å². The standard InChI is InChI=1S/C22H25ClN2O3/c1-4-11-25-14(2)21(18-12-17(28-3)9-10-19(18)25)22(27)24-13-20(26)15-5-7-16(23)8-6-15/h5-10,12,20,26H,4,11,13H2,1-3H3,(H,24,27). The molecule has 0 radical (unpaired) electrons. The summed E-state index contributed by atoms with van der Waals surface area (Å²) in [5.41, 5.74) is 3.23. The number of hydrogen-bond acceptors (Lipinski definition) is 3. The summed E-state index contributed by atoms with van der Waals surface area (Å²) in [5.74, 6) is 0.495. The number of fused-ring (bicyclic) bond motifs is 1. The molecule has 3 rings (SSSR count). The fourth-order valence-corrected chi connectivity index (χ4v) is 3.59. The number of aliphatic hydroxyl groups is 1. The van der Waals surface area contributed by atoms with Crippen molar-refractivity contribution in [1.82, 2.24) is 9.88 Å². The Morgan fingerprint density at radius 3 is 2.61 bits per heavy atom. The first kappa shape index (κ1) is 20.2. The van der Waals surface area contributed by atoms with Crippen LogP contribution in [0.5, 0.6) is 5.75 Å². The number of benzene rings is 2. The van der Waals surface area contributed by atoms with Crippen molar-refractivity contribution in [2.45, 2.75) is 32.9 Å². The van der Waals surface area contributed by atoms with Gasteiger partial charge in [0.1, 0.15) is 5.75 Å². The summed E-state index contributed by atoms with van der Waals surface area (Å²) in [7, 11) is 1.61. The van der Waals surface area contributed by atoms with E-state index in [-0.39, 0.29) is 12.5 Å². The number of aromatic nitrogens is 1. The molecule has 6 heteroatoms. The topological polar surface area (TPSA) is 63.5 Å². The Balaban J connectivity index is 1.87. The lowest BCUT2D eigenvalue weighted by molar-refractivity contribution is 0.0917. The number of halogens is 1. The van der Waals surface area contributed by atoms with Crippen molar-refractivity contribution in [3.8, 4) is 5.75 Å². The zero-order valence-corrected chi connectivity index (χ0v) is 17.1. The summed E-state index contributed by atoms with van der Waals surface area (Å²) in [6.45, 7) is 5.00. The van der Waals surface area contributed by atoms with Crippen LogP contribution in [0, 0.1) is 6.92 Å². The lowest BCUT2D eigenvalue weighted by Gasteiger charge is -2.13. The van der Waals surface area contributed by atoms with Crippen molar-refractivity contribution < 1.29 is 14.6 Å². The average molecular weight is 401 g/mol. The van der Waals surface area contributed by atoms with Gasteiger partial charge in [0, 0.05) is 34.7 Å². The summed E-state index contributed by atoms with van der Waals surface area (Å²) in [6.07, 6.45) is 0.160. The molecule has 28 heavy (non-hydrogen) atoms. The first-order chi connectivity index (χ1) is 13.5. The molecule has 0 saturated carbocycles. The van der Waals surface area contributed by atoms with E-state index in [0.29, 0.717) is 21.9 Å². The summed E-state index contributed by atoms with van der Waals surface area (Å²) >= 11 is 5.89. The van der Waals surface area contributed by atoms with Gasteiger partial charge in [0.2, 0.25) is 0 Å². The Morgan fingerprint density at radius 2 is 1.96 bits per heavy atom. The number of carbonyl (C=O) groups is 1. The molecule has 0 spiro atoms. The van der Waals surface area contributed by atoms with Gasteiger partial charge in [-0.1, -0.05) is 30.7 Å². The summed E-state index contributed by atoms with van der Waals surface area (Å²) in [5, 5.41) is 14.7. The highest BCUT2D eigenvalue weighted by Gasteiger charge is 2.21. The van der Waals surface area contributed by atoms with Gasteiger partial charge in [0.05, 0.1) is 18.8 Å². The predicted octanol–water partition coefficient (Wildman–Crippen LogP) is 4.49. The van der Waals surface area contributed by atoms with Gasteiger partial charge in [-0.15, -0.1) is 0 Å². The maximum Gasteiger partial charge on any atom is 0.253 e. The maximum absolute atomic E-state index is 13.0. The number of methoxy groups -OCH3 is 1. The highest BCUT2D eigenvalue weighted by molar-refractivity contribution is 6.30. The normalized spacial score (nSPS) is 12.2. The third kappa shape index (κ3) is 4.01. The van der Waals surface area contributed by atoms with Crippen LogP contribution in [0.4, 0.5) is 0 Å². The first-order valence-electron chi connectivity index (χ1n) is 9.34. The molecule has 1 unspecified atom stereocenters. The number of nitrogens with zero attached hydrogens (tertiary/aromatic N) is 1. The number of amides is 1. The number of aliphatic hydroxyl groups excluding tert-OH is 1. The molecule has 2 N–H and O–H groups in total. The quantitative estimate of drug-likeness (QED) is 0.614. The van der Waals surface area contributed by atoms with Gasteiger partial charge in [-0.25, -0.2) is 0 Å². The average Bonchev–Trinajstić information content (AvgIpc) is 2.97. The van der Waals surface area contributed by atoms with Crippen molar-refractivity contribution in [2.75, 3.05) is 13.7 Å². The van der Waals surface area contributed by atoms with E-state index in [0.717, 1.165) is 29.6 Å². The van der Waals surface area contributed by atoms with Crippen LogP contribution in [0.15, 0.2) is 42.5 Å². The predicted molar refractivity (Wildman–Crippen MR) is 112 cm³/mol. The molecule has 1 aromatic heterocycles. The molecule has 0 bridgehead atoms. The van der Waals surface area contributed by atoms with Crippen molar-refractivity contribution in [1.29, 1.82) is 0 Å². The van der Waals surface area contributed by atoms with E-state index in [1.54, 1.807) is 31.4 Å². The third-order valence-electron chi connectivity index (χ3n) is 4.92. The SMILES string of the molecule is CCCn1c(C)c(C(=O)NCC(O)c2ccc(Cl)cc2)c2cc(OC)ccc21. The molecule has 0 aliphatic carbocycles. The van der Waals surface area contributed by atoms with E-state index in [9.17, 15) is 9.90 Å². The highest BCUT2D eigenvalue weighted by Crippen LogP contribution is 2.30. The van der Waals surface area contributed by atoms with Crippen LogP contribution in [0.25, 0.3) is 10.9 Å². The number of rotatable bonds is 7. The number of nitrogens with one attached hydrogen (secondary N) is 1. The molecule has 3 aromatic rings. The van der Waals surface area contributed by atoms with Crippen molar-refractivity contribution in [3.05, 3.63) is 64.3 Å². The van der Waals surface area contributed by atoms with Crippen LogP contribution in [-0.4, -0.2) is 29.2 Å². The summed E-state index contributed by atoms with van der Waals surface area (Å²) < 4.78 is 7.49. The number of hydrogen-bond donors (Lipinski definition) is 2. The van der Waals surface area contributed by atoms with Gasteiger partial charge in [-0.2, -0.15) is 0 Å². The van der Waals surface area contributed by atoms with E-state index in [4.69, 9.17) is 16.3 Å². The molecular formula is C22H25ClN2O3. The minimum atomic E-state index is -0.806. The third-order valence-corrected chi connectivity index (χ3v) is 5.17. The molecule has 2 aromatic carbocycles. The minimum absolute atomic E-state index is 0.115. The number of ether oxygens (including phenoxy) is 1. The monoisotopic (exact) mass is 400 g/mol. The van der Waals surface area contributed by atoms with E-state index in [1.165, 1.54) is 0 Å². The van der Waals surface area contributed by atoms with E-state index < -0.39 is 6.10 Å². The van der Waals surface area contributed by atoms with Gasteiger partial charge in [0.25, 0.3) is 5.91 Å². The van der Waals surface area contributed by atoms with Gasteiger partial charge >= 0.3 is 0 Å². The van der Waals surface area contributed by atoms with Gasteiger partial charge in [-0.3, -0.25) is 4.79 Å². The van der Waals surface area contributed by atoms with Crippen molar-refractivity contribution in [3.63, 3.8) is 0 Å². The zero-order valence-electron chi connectivity index (χ0n) is 16.3. The lowest BCUT2D eigenvalue weighted by Crippen LogP contribution is -2.28. The number of aryl methyl sites for hydroxylation is 1. The fourth-order valence-electron chi connectivity index (χ4n) is 3.47. The minimum Gasteiger partial charge on any atom is -0.497 e. The molecular weight excluding hydrogens is 376 g/mol. The van der Waals surface area contributed by atoms with Crippen molar-refractivity contribution in [2.24, 2.45) is 0 Å². The highest BCUT2D eigenvalue weighted by atomic mass is 35.5. The van der Waals surface area contributed by atoms with Crippen LogP contribution >= 0.6 is 11.6 Å². The van der Waals surface area contributed by atoms with E-state index in [2.05, 4.69) is 16.8 Å². The maximum atomic E-state index is 13.0. The Hall–Kier alpha value is -2.50. The Labute approximate surface area is 169 Å². The first-order valence-corrected chi connectivity index (χ1v) is 9.72. The summed E-state index contributed by atoms with van der Waals surface area (Å²) in [6, 6.07) is 12.7. The second kappa shape index (κ2) is 8.67. The Morgan fingerprint density at radius 1 is 1.25 bits per heavy atom. The molecule has 1 atom stereocenters. The van der Waals surface area contributed by atoms with Gasteiger partial charge in [-0.05, 0) is 49.2 Å². The molecule has 0 fully saturated rings. The molecule has 1 amide bonds. The molecule has 0 aliphatic rings. The van der Waals surface area contributed by atoms with Crippen LogP contribution in [0.2, 0.25) is 5.02 Å². The second-order valence-electron chi connectivity index (χ2n) is 6.77.